The van der Waals surface area contributed by atoms with Crippen molar-refractivity contribution >= 4 is 17.3 Å². The third kappa shape index (κ3) is 4.27. The van der Waals surface area contributed by atoms with Crippen LogP contribution < -0.4 is 10.2 Å². The standard InChI is InChI=1S/C28H30N8/c1-19(20-7-9-23(10-8-20)35-14-12-34(2)13-15-35)32-28-31-17-22(16-29)26(33-28)25-18-30-27-24(21-5-6-21)4-3-11-36(25)27/h3-4,7-11,17-19,21H,5-6,12-15H2,1-2H3,(H,31,32,33)/t19-/m0/s1. The van der Waals surface area contributed by atoms with E-state index in [0.717, 1.165) is 43.1 Å². The second-order valence-corrected chi connectivity index (χ2v) is 9.89. The Kier molecular flexibility index (Phi) is 5.78. The van der Waals surface area contributed by atoms with Gasteiger partial charge in [0.2, 0.25) is 5.95 Å². The number of imidazole rings is 1. The van der Waals surface area contributed by atoms with E-state index in [4.69, 9.17) is 4.98 Å². The molecule has 0 unspecified atom stereocenters. The van der Waals surface area contributed by atoms with Crippen LogP contribution in [0.1, 0.15) is 48.4 Å². The molecule has 1 saturated heterocycles. The molecule has 0 spiro atoms. The van der Waals surface area contributed by atoms with Crippen molar-refractivity contribution in [1.29, 1.82) is 5.26 Å². The number of nitrogens with one attached hydrogen (secondary N) is 1. The van der Waals surface area contributed by atoms with E-state index in [9.17, 15) is 5.26 Å². The molecule has 2 aliphatic rings. The Bertz CT molecular complexity index is 1420. The molecule has 2 fully saturated rings. The Morgan fingerprint density at radius 3 is 2.53 bits per heavy atom. The summed E-state index contributed by atoms with van der Waals surface area (Å²) < 4.78 is 2.04. The minimum atomic E-state index is 0.0102. The lowest BCUT2D eigenvalue weighted by Crippen LogP contribution is -2.44. The molecule has 1 atom stereocenters. The molecular weight excluding hydrogens is 448 g/mol. The van der Waals surface area contributed by atoms with E-state index in [-0.39, 0.29) is 6.04 Å². The normalized spacial score (nSPS) is 17.2. The second kappa shape index (κ2) is 9.25. The topological polar surface area (TPSA) is 85.4 Å². The molecule has 1 aromatic carbocycles. The third-order valence-electron chi connectivity index (χ3n) is 7.34. The summed E-state index contributed by atoms with van der Waals surface area (Å²) in [6, 6.07) is 15.2. The zero-order valence-corrected chi connectivity index (χ0v) is 20.7. The minimum Gasteiger partial charge on any atom is -0.369 e. The van der Waals surface area contributed by atoms with Crippen LogP contribution in [0.2, 0.25) is 0 Å². The molecule has 4 aromatic rings. The van der Waals surface area contributed by atoms with Crippen LogP contribution in [0.5, 0.6) is 0 Å². The smallest absolute Gasteiger partial charge is 0.223 e. The maximum Gasteiger partial charge on any atom is 0.223 e. The Balaban J connectivity index is 1.24. The monoisotopic (exact) mass is 478 g/mol. The molecule has 36 heavy (non-hydrogen) atoms. The van der Waals surface area contributed by atoms with Crippen LogP contribution in [-0.2, 0) is 0 Å². The van der Waals surface area contributed by atoms with Gasteiger partial charge in [0.1, 0.15) is 17.4 Å². The van der Waals surface area contributed by atoms with Gasteiger partial charge in [0, 0.05) is 38.1 Å². The van der Waals surface area contributed by atoms with Gasteiger partial charge < -0.3 is 15.1 Å². The van der Waals surface area contributed by atoms with Crippen LogP contribution >= 0.6 is 0 Å². The summed E-state index contributed by atoms with van der Waals surface area (Å²) in [6.07, 6.45) is 7.82. The summed E-state index contributed by atoms with van der Waals surface area (Å²) in [5, 5.41) is 13.2. The molecule has 1 saturated carbocycles. The summed E-state index contributed by atoms with van der Waals surface area (Å²) in [4.78, 5) is 18.7. The number of nitrogens with zero attached hydrogens (tertiary/aromatic N) is 7. The van der Waals surface area contributed by atoms with E-state index in [1.165, 1.54) is 24.1 Å². The Hall–Kier alpha value is -3.96. The minimum absolute atomic E-state index is 0.0102. The highest BCUT2D eigenvalue weighted by Crippen LogP contribution is 2.42. The molecule has 1 N–H and O–H groups in total. The van der Waals surface area contributed by atoms with Crippen molar-refractivity contribution in [3.8, 4) is 17.5 Å². The van der Waals surface area contributed by atoms with Crippen molar-refractivity contribution in [3.05, 3.63) is 71.7 Å². The van der Waals surface area contributed by atoms with Gasteiger partial charge in [-0.05, 0) is 62.1 Å². The summed E-state index contributed by atoms with van der Waals surface area (Å²) >= 11 is 0. The largest absolute Gasteiger partial charge is 0.369 e. The van der Waals surface area contributed by atoms with Gasteiger partial charge in [0.25, 0.3) is 0 Å². The number of aromatic nitrogens is 4. The van der Waals surface area contributed by atoms with Crippen LogP contribution in [0.15, 0.2) is 55.0 Å². The lowest BCUT2D eigenvalue weighted by atomic mass is 10.1. The molecule has 1 aliphatic heterocycles. The fraction of sp³-hybridized carbons (Fsp3) is 0.357. The summed E-state index contributed by atoms with van der Waals surface area (Å²) in [6.45, 7) is 6.38. The molecule has 8 heteroatoms. The van der Waals surface area contributed by atoms with Crippen molar-refractivity contribution in [2.75, 3.05) is 43.4 Å². The van der Waals surface area contributed by atoms with Crippen molar-refractivity contribution < 1.29 is 0 Å². The molecule has 182 valence electrons. The Morgan fingerprint density at radius 2 is 1.81 bits per heavy atom. The number of rotatable bonds is 6. The molecule has 4 heterocycles. The quantitative estimate of drug-likeness (QED) is 0.438. The highest BCUT2D eigenvalue weighted by atomic mass is 15.2. The van der Waals surface area contributed by atoms with E-state index in [1.54, 1.807) is 6.20 Å². The van der Waals surface area contributed by atoms with Gasteiger partial charge in [-0.3, -0.25) is 4.40 Å². The molecule has 1 aliphatic carbocycles. The lowest BCUT2D eigenvalue weighted by Gasteiger charge is -2.34. The van der Waals surface area contributed by atoms with Crippen molar-refractivity contribution in [2.24, 2.45) is 0 Å². The highest BCUT2D eigenvalue weighted by molar-refractivity contribution is 5.68. The van der Waals surface area contributed by atoms with Crippen molar-refractivity contribution in [1.82, 2.24) is 24.3 Å². The number of hydrogen-bond donors (Lipinski definition) is 1. The van der Waals surface area contributed by atoms with E-state index < -0.39 is 0 Å². The first-order valence-electron chi connectivity index (χ1n) is 12.6. The molecule has 3 aromatic heterocycles. The summed E-state index contributed by atoms with van der Waals surface area (Å²) in [5.41, 5.74) is 6.46. The first-order chi connectivity index (χ1) is 17.6. The van der Waals surface area contributed by atoms with Gasteiger partial charge >= 0.3 is 0 Å². The number of likely N-dealkylation sites (N-methyl/N-ethyl adjacent to an activating group) is 1. The number of piperazine rings is 1. The maximum atomic E-state index is 9.75. The fourth-order valence-corrected chi connectivity index (χ4v) is 4.96. The van der Waals surface area contributed by atoms with E-state index >= 15 is 0 Å². The lowest BCUT2D eigenvalue weighted by molar-refractivity contribution is 0.313. The Labute approximate surface area is 211 Å². The predicted octanol–water partition coefficient (Wildman–Crippen LogP) is 4.47. The van der Waals surface area contributed by atoms with Crippen LogP contribution in [-0.4, -0.2) is 57.5 Å². The number of anilines is 2. The van der Waals surface area contributed by atoms with Crippen molar-refractivity contribution in [3.63, 3.8) is 0 Å². The van der Waals surface area contributed by atoms with E-state index in [0.29, 0.717) is 23.1 Å². The van der Waals surface area contributed by atoms with Gasteiger partial charge in [-0.15, -0.1) is 0 Å². The fourth-order valence-electron chi connectivity index (χ4n) is 4.96. The molecule has 6 rings (SSSR count). The maximum absolute atomic E-state index is 9.75. The van der Waals surface area contributed by atoms with Gasteiger partial charge in [0.05, 0.1) is 29.7 Å². The SMILES string of the molecule is C[C@H](Nc1ncc(C#N)c(-c2cnc3c(C4CC4)cccn23)n1)c1ccc(N2CCN(C)CC2)cc1. The molecule has 8 nitrogen and oxygen atoms in total. The average molecular weight is 479 g/mol. The molecule has 0 bridgehead atoms. The van der Waals surface area contributed by atoms with E-state index in [1.807, 2.05) is 22.9 Å². The Morgan fingerprint density at radius 1 is 1.03 bits per heavy atom. The zero-order chi connectivity index (χ0) is 24.6. The van der Waals surface area contributed by atoms with Gasteiger partial charge in [-0.1, -0.05) is 18.2 Å². The zero-order valence-electron chi connectivity index (χ0n) is 20.7. The summed E-state index contributed by atoms with van der Waals surface area (Å²) in [7, 11) is 2.17. The van der Waals surface area contributed by atoms with Crippen LogP contribution in [0.3, 0.4) is 0 Å². The number of pyridine rings is 1. The molecule has 0 radical (unpaired) electrons. The molecular formula is C28H30N8. The van der Waals surface area contributed by atoms with Gasteiger partial charge in [-0.25, -0.2) is 15.0 Å². The first-order valence-corrected chi connectivity index (χ1v) is 12.6. The molecule has 0 amide bonds. The highest BCUT2D eigenvalue weighted by Gasteiger charge is 2.27. The van der Waals surface area contributed by atoms with Crippen LogP contribution in [0, 0.1) is 11.3 Å². The average Bonchev–Trinajstić information content (AvgIpc) is 3.67. The number of nitriles is 1. The number of fused-ring (bicyclic) bond motifs is 1. The second-order valence-electron chi connectivity index (χ2n) is 9.89. The van der Waals surface area contributed by atoms with Gasteiger partial charge in [0.15, 0.2) is 0 Å². The number of benzene rings is 1. The van der Waals surface area contributed by atoms with Gasteiger partial charge in [-0.2, -0.15) is 5.26 Å². The van der Waals surface area contributed by atoms with Crippen LogP contribution in [0.4, 0.5) is 11.6 Å². The van der Waals surface area contributed by atoms with Crippen LogP contribution in [0.25, 0.3) is 17.0 Å². The van der Waals surface area contributed by atoms with E-state index in [2.05, 4.69) is 75.5 Å². The number of hydrogen-bond acceptors (Lipinski definition) is 7. The van der Waals surface area contributed by atoms with Crippen molar-refractivity contribution in [2.45, 2.75) is 31.7 Å². The predicted molar refractivity (Wildman–Crippen MR) is 141 cm³/mol. The first kappa shape index (κ1) is 22.5. The summed E-state index contributed by atoms with van der Waals surface area (Å²) in [5.74, 6) is 1.08. The third-order valence-corrected chi connectivity index (χ3v) is 7.34.